The van der Waals surface area contributed by atoms with Crippen molar-refractivity contribution < 1.29 is 9.18 Å². The summed E-state index contributed by atoms with van der Waals surface area (Å²) in [6.07, 6.45) is 0.580. The summed E-state index contributed by atoms with van der Waals surface area (Å²) < 4.78 is 13.3. The molecule has 1 aromatic carbocycles. The molecular formula is C13H19FN2O. The number of nitrogens with one attached hydrogen (secondary N) is 2. The van der Waals surface area contributed by atoms with E-state index in [1.807, 2.05) is 13.0 Å². The first-order chi connectivity index (χ1) is 8.15. The minimum atomic E-state index is -0.248. The van der Waals surface area contributed by atoms with Gasteiger partial charge in [-0.05, 0) is 31.9 Å². The Morgan fingerprint density at radius 2 is 2.12 bits per heavy atom. The van der Waals surface area contributed by atoms with Crippen LogP contribution in [0.5, 0.6) is 0 Å². The molecule has 1 aromatic rings. The van der Waals surface area contributed by atoms with E-state index in [-0.39, 0.29) is 17.8 Å². The topological polar surface area (TPSA) is 41.1 Å². The Balaban J connectivity index is 2.33. The Bertz CT molecular complexity index is 368. The first kappa shape index (κ1) is 13.6. The lowest BCUT2D eigenvalue weighted by Gasteiger charge is -2.13. The van der Waals surface area contributed by atoms with Gasteiger partial charge in [0.15, 0.2) is 0 Å². The second-order valence-electron chi connectivity index (χ2n) is 3.91. The summed E-state index contributed by atoms with van der Waals surface area (Å²) in [6.45, 7) is 4.88. The van der Waals surface area contributed by atoms with Gasteiger partial charge >= 0.3 is 0 Å². The Kier molecular flexibility index (Phi) is 5.63. The van der Waals surface area contributed by atoms with Gasteiger partial charge < -0.3 is 10.6 Å². The van der Waals surface area contributed by atoms with Crippen molar-refractivity contribution in [1.82, 2.24) is 10.6 Å². The molecule has 1 rings (SSSR count). The van der Waals surface area contributed by atoms with Gasteiger partial charge in [-0.15, -0.1) is 0 Å². The van der Waals surface area contributed by atoms with E-state index in [1.54, 1.807) is 19.1 Å². The number of hydrogen-bond acceptors (Lipinski definition) is 2. The van der Waals surface area contributed by atoms with Crippen LogP contribution in [0.25, 0.3) is 0 Å². The van der Waals surface area contributed by atoms with Crippen molar-refractivity contribution in [2.45, 2.75) is 26.3 Å². The Morgan fingerprint density at radius 3 is 2.76 bits per heavy atom. The van der Waals surface area contributed by atoms with Gasteiger partial charge in [0.05, 0.1) is 6.04 Å². The lowest BCUT2D eigenvalue weighted by molar-refractivity contribution is -0.122. The molecule has 0 heterocycles. The molecule has 0 aliphatic carbocycles. The second kappa shape index (κ2) is 7.01. The smallest absolute Gasteiger partial charge is 0.236 e. The molecule has 1 amide bonds. The van der Waals surface area contributed by atoms with Crippen molar-refractivity contribution in [3.05, 3.63) is 35.6 Å². The zero-order valence-electron chi connectivity index (χ0n) is 10.3. The van der Waals surface area contributed by atoms with Crippen LogP contribution >= 0.6 is 0 Å². The van der Waals surface area contributed by atoms with E-state index in [2.05, 4.69) is 10.6 Å². The van der Waals surface area contributed by atoms with Gasteiger partial charge in [0.25, 0.3) is 0 Å². The lowest BCUT2D eigenvalue weighted by Crippen LogP contribution is -2.42. The fourth-order valence-electron chi connectivity index (χ4n) is 1.54. The van der Waals surface area contributed by atoms with E-state index in [4.69, 9.17) is 0 Å². The van der Waals surface area contributed by atoms with E-state index in [0.29, 0.717) is 25.1 Å². The van der Waals surface area contributed by atoms with Crippen LogP contribution < -0.4 is 10.6 Å². The zero-order chi connectivity index (χ0) is 12.7. The van der Waals surface area contributed by atoms with Gasteiger partial charge in [-0.2, -0.15) is 0 Å². The van der Waals surface area contributed by atoms with Gasteiger partial charge in [-0.3, -0.25) is 4.79 Å². The van der Waals surface area contributed by atoms with Crippen molar-refractivity contribution >= 4 is 5.91 Å². The van der Waals surface area contributed by atoms with Crippen LogP contribution in [0.1, 0.15) is 19.4 Å². The number of halogens is 1. The Hall–Kier alpha value is -1.42. The molecule has 0 bridgehead atoms. The van der Waals surface area contributed by atoms with Crippen LogP contribution in [0.15, 0.2) is 24.3 Å². The summed E-state index contributed by atoms with van der Waals surface area (Å²) in [4.78, 5) is 11.4. The van der Waals surface area contributed by atoms with Crippen LogP contribution in [0.2, 0.25) is 0 Å². The predicted octanol–water partition coefficient (Wildman–Crippen LogP) is 1.48. The fraction of sp³-hybridized carbons (Fsp3) is 0.462. The summed E-state index contributed by atoms with van der Waals surface area (Å²) in [5, 5.41) is 5.79. The van der Waals surface area contributed by atoms with Crippen LogP contribution in [0.4, 0.5) is 4.39 Å². The molecule has 2 N–H and O–H groups in total. The summed E-state index contributed by atoms with van der Waals surface area (Å²) in [7, 11) is 0. The van der Waals surface area contributed by atoms with Crippen LogP contribution in [-0.2, 0) is 11.2 Å². The minimum absolute atomic E-state index is 0.0268. The Labute approximate surface area is 101 Å². The van der Waals surface area contributed by atoms with Crippen LogP contribution in [-0.4, -0.2) is 25.0 Å². The molecule has 0 aliphatic heterocycles. The van der Waals surface area contributed by atoms with Crippen LogP contribution in [0, 0.1) is 5.82 Å². The largest absolute Gasteiger partial charge is 0.355 e. The van der Waals surface area contributed by atoms with Gasteiger partial charge in [0.2, 0.25) is 5.91 Å². The van der Waals surface area contributed by atoms with E-state index >= 15 is 0 Å². The van der Waals surface area contributed by atoms with Crippen molar-refractivity contribution in [1.29, 1.82) is 0 Å². The Morgan fingerprint density at radius 1 is 1.41 bits per heavy atom. The van der Waals surface area contributed by atoms with Crippen molar-refractivity contribution in [3.8, 4) is 0 Å². The molecule has 0 aliphatic rings. The summed E-state index contributed by atoms with van der Waals surface area (Å²) in [6, 6.07) is 6.44. The van der Waals surface area contributed by atoms with Crippen molar-refractivity contribution in [2.24, 2.45) is 0 Å². The molecule has 3 nitrogen and oxygen atoms in total. The number of amides is 1. The van der Waals surface area contributed by atoms with Crippen molar-refractivity contribution in [3.63, 3.8) is 0 Å². The highest BCUT2D eigenvalue weighted by Crippen LogP contribution is 2.06. The summed E-state index contributed by atoms with van der Waals surface area (Å²) in [5.41, 5.74) is 0.670. The van der Waals surface area contributed by atoms with E-state index in [1.165, 1.54) is 6.07 Å². The maximum Gasteiger partial charge on any atom is 0.236 e. The second-order valence-corrected chi connectivity index (χ2v) is 3.91. The van der Waals surface area contributed by atoms with Gasteiger partial charge in [-0.1, -0.05) is 18.2 Å². The maximum atomic E-state index is 13.3. The van der Waals surface area contributed by atoms with Crippen molar-refractivity contribution in [2.75, 3.05) is 13.1 Å². The number of hydrogen-bond donors (Lipinski definition) is 2. The molecule has 17 heavy (non-hydrogen) atoms. The molecule has 0 saturated carbocycles. The molecule has 4 heteroatoms. The third-order valence-corrected chi connectivity index (χ3v) is 2.55. The summed E-state index contributed by atoms with van der Waals surface area (Å²) in [5.74, 6) is -0.221. The fourth-order valence-corrected chi connectivity index (χ4v) is 1.54. The number of likely N-dealkylation sites (N-methyl/N-ethyl adjacent to an activating group) is 1. The maximum absolute atomic E-state index is 13.3. The quantitative estimate of drug-likeness (QED) is 0.788. The van der Waals surface area contributed by atoms with Gasteiger partial charge in [-0.25, -0.2) is 4.39 Å². The monoisotopic (exact) mass is 238 g/mol. The molecule has 1 unspecified atom stereocenters. The molecule has 1 atom stereocenters. The third-order valence-electron chi connectivity index (χ3n) is 2.55. The van der Waals surface area contributed by atoms with E-state index < -0.39 is 0 Å². The average molecular weight is 238 g/mol. The van der Waals surface area contributed by atoms with E-state index in [9.17, 15) is 9.18 Å². The highest BCUT2D eigenvalue weighted by molar-refractivity contribution is 5.81. The first-order valence-corrected chi connectivity index (χ1v) is 5.89. The number of benzene rings is 1. The number of rotatable bonds is 6. The standard InChI is InChI=1S/C13H19FN2O/c1-3-15-13(17)10(2)16-9-8-11-6-4-5-7-12(11)14/h4-7,10,16H,3,8-9H2,1-2H3,(H,15,17). The molecular weight excluding hydrogens is 219 g/mol. The minimum Gasteiger partial charge on any atom is -0.355 e. The molecule has 0 aromatic heterocycles. The predicted molar refractivity (Wildman–Crippen MR) is 66.3 cm³/mol. The number of carbonyl (C=O) groups is 1. The summed E-state index contributed by atoms with van der Waals surface area (Å²) >= 11 is 0. The first-order valence-electron chi connectivity index (χ1n) is 5.89. The van der Waals surface area contributed by atoms with Gasteiger partial charge in [0.1, 0.15) is 5.82 Å². The lowest BCUT2D eigenvalue weighted by atomic mass is 10.1. The van der Waals surface area contributed by atoms with E-state index in [0.717, 1.165) is 0 Å². The molecule has 94 valence electrons. The molecule has 0 radical (unpaired) electrons. The average Bonchev–Trinajstić information content (AvgIpc) is 2.31. The molecule has 0 saturated heterocycles. The molecule has 0 fully saturated rings. The highest BCUT2D eigenvalue weighted by Gasteiger charge is 2.10. The van der Waals surface area contributed by atoms with Crippen LogP contribution in [0.3, 0.4) is 0 Å². The zero-order valence-corrected chi connectivity index (χ0v) is 10.3. The highest BCUT2D eigenvalue weighted by atomic mass is 19.1. The third kappa shape index (κ3) is 4.53. The SMILES string of the molecule is CCNC(=O)C(C)NCCc1ccccc1F. The van der Waals surface area contributed by atoms with Gasteiger partial charge in [0, 0.05) is 13.1 Å². The normalized spacial score (nSPS) is 12.2. The molecule has 0 spiro atoms. The number of carbonyl (C=O) groups excluding carboxylic acids is 1.